The monoisotopic (exact) mass is 137 g/mol. The molecule has 0 amide bonds. The summed E-state index contributed by atoms with van der Waals surface area (Å²) in [5, 5.41) is 0. The quantitative estimate of drug-likeness (QED) is 0.486. The van der Waals surface area contributed by atoms with Crippen LogP contribution < -0.4 is 0 Å². The summed E-state index contributed by atoms with van der Waals surface area (Å²) in [4.78, 5) is 0. The topological polar surface area (TPSA) is 0 Å². The van der Waals surface area contributed by atoms with Crippen LogP contribution in [0.3, 0.4) is 0 Å². The van der Waals surface area contributed by atoms with Crippen molar-refractivity contribution in [3.63, 3.8) is 0 Å². The highest BCUT2D eigenvalue weighted by Crippen LogP contribution is 2.22. The van der Waals surface area contributed by atoms with Crippen LogP contribution in [-0.4, -0.2) is 0 Å². The Kier molecular flexibility index (Phi) is 2.98. The molecule has 0 spiro atoms. The third-order valence-corrected chi connectivity index (χ3v) is 2.21. The van der Waals surface area contributed by atoms with Crippen molar-refractivity contribution < 1.29 is 0 Å². The Bertz CT molecular complexity index is 120. The molecule has 0 nitrogen and oxygen atoms in total. The molecular weight excluding hydrogens is 120 g/mol. The summed E-state index contributed by atoms with van der Waals surface area (Å²) in [7, 11) is 0. The van der Waals surface area contributed by atoms with Crippen LogP contribution in [0.4, 0.5) is 0 Å². The third kappa shape index (κ3) is 2.17. The minimum absolute atomic E-state index is 0.540. The van der Waals surface area contributed by atoms with Crippen molar-refractivity contribution >= 4 is 0 Å². The van der Waals surface area contributed by atoms with E-state index in [2.05, 4.69) is 19.9 Å². The van der Waals surface area contributed by atoms with Gasteiger partial charge in [-0.2, -0.15) is 0 Å². The molecule has 1 unspecified atom stereocenters. The van der Waals surface area contributed by atoms with Gasteiger partial charge in [0.15, 0.2) is 0 Å². The highest BCUT2D eigenvalue weighted by molar-refractivity contribution is 5.07. The van der Waals surface area contributed by atoms with Crippen LogP contribution in [0.15, 0.2) is 11.6 Å². The van der Waals surface area contributed by atoms with Gasteiger partial charge in [0.25, 0.3) is 0 Å². The lowest BCUT2D eigenvalue weighted by Crippen LogP contribution is -1.92. The maximum Gasteiger partial charge on any atom is -0.0231 e. The van der Waals surface area contributed by atoms with E-state index >= 15 is 0 Å². The molecule has 1 aliphatic rings. The summed E-state index contributed by atoms with van der Waals surface area (Å²) in [6, 6.07) is 0. The van der Waals surface area contributed by atoms with E-state index in [1.54, 1.807) is 5.57 Å². The average Bonchev–Trinajstić information content (AvgIpc) is 2.12. The summed E-state index contributed by atoms with van der Waals surface area (Å²) in [5.41, 5.74) is 1.58. The minimum atomic E-state index is 0.540. The molecule has 0 heteroatoms. The molecular formula is C10H17. The smallest absolute Gasteiger partial charge is 0.0231 e. The molecule has 0 bridgehead atoms. The Labute approximate surface area is 64.3 Å². The fourth-order valence-electron chi connectivity index (χ4n) is 1.49. The molecule has 1 atom stereocenters. The highest BCUT2D eigenvalue weighted by atomic mass is 14.1. The predicted octanol–water partition coefficient (Wildman–Crippen LogP) is 3.35. The maximum atomic E-state index is 4.04. The van der Waals surface area contributed by atoms with Gasteiger partial charge in [-0.3, -0.25) is 0 Å². The van der Waals surface area contributed by atoms with Crippen molar-refractivity contribution in [3.8, 4) is 0 Å². The van der Waals surface area contributed by atoms with Crippen molar-refractivity contribution in [1.82, 2.24) is 0 Å². The first-order chi connectivity index (χ1) is 4.80. The van der Waals surface area contributed by atoms with Crippen molar-refractivity contribution in [2.24, 2.45) is 5.92 Å². The number of hydrogen-bond donors (Lipinski definition) is 0. The summed E-state index contributed by atoms with van der Waals surface area (Å²) >= 11 is 0. The molecule has 0 saturated heterocycles. The van der Waals surface area contributed by atoms with E-state index in [1.165, 1.54) is 32.1 Å². The molecule has 0 aromatic carbocycles. The Hall–Kier alpha value is -0.260. The zero-order valence-corrected chi connectivity index (χ0v) is 6.90. The van der Waals surface area contributed by atoms with Gasteiger partial charge in [0, 0.05) is 0 Å². The lowest BCUT2D eigenvalue weighted by atomic mass is 9.99. The summed E-state index contributed by atoms with van der Waals surface area (Å²) in [6.07, 6.45) is 9.15. The lowest BCUT2D eigenvalue weighted by molar-refractivity contribution is 0.687. The van der Waals surface area contributed by atoms with Crippen molar-refractivity contribution in [3.05, 3.63) is 18.6 Å². The van der Waals surface area contributed by atoms with E-state index < -0.39 is 0 Å². The van der Waals surface area contributed by atoms with Crippen molar-refractivity contribution in [2.75, 3.05) is 0 Å². The van der Waals surface area contributed by atoms with E-state index in [9.17, 15) is 0 Å². The first kappa shape index (κ1) is 7.84. The van der Waals surface area contributed by atoms with E-state index in [-0.39, 0.29) is 0 Å². The van der Waals surface area contributed by atoms with Gasteiger partial charge in [-0.25, -0.2) is 0 Å². The standard InChI is InChI=1S/C10H17/c1-9(2)10-7-5-3-4-6-8-10/h7,9H,1,3-6,8H2,2H3. The molecule has 10 heavy (non-hydrogen) atoms. The van der Waals surface area contributed by atoms with Crippen molar-refractivity contribution in [1.29, 1.82) is 0 Å². The molecule has 0 saturated carbocycles. The minimum Gasteiger partial charge on any atom is -0.0851 e. The molecule has 0 aromatic rings. The van der Waals surface area contributed by atoms with Gasteiger partial charge < -0.3 is 0 Å². The molecule has 1 radical (unpaired) electrons. The zero-order chi connectivity index (χ0) is 7.40. The van der Waals surface area contributed by atoms with Crippen LogP contribution in [0, 0.1) is 12.8 Å². The Morgan fingerprint density at radius 1 is 1.40 bits per heavy atom. The molecule has 0 aliphatic heterocycles. The molecule has 0 N–H and O–H groups in total. The molecule has 0 fully saturated rings. The fraction of sp³-hybridized carbons (Fsp3) is 0.700. The van der Waals surface area contributed by atoms with Gasteiger partial charge in [-0.1, -0.05) is 25.0 Å². The highest BCUT2D eigenvalue weighted by Gasteiger charge is 2.05. The van der Waals surface area contributed by atoms with Crippen LogP contribution >= 0.6 is 0 Å². The average molecular weight is 137 g/mol. The van der Waals surface area contributed by atoms with Crippen molar-refractivity contribution in [2.45, 2.75) is 39.0 Å². The second-order valence-electron chi connectivity index (χ2n) is 3.28. The Morgan fingerprint density at radius 3 is 2.90 bits per heavy atom. The van der Waals surface area contributed by atoms with Crippen LogP contribution in [0.5, 0.6) is 0 Å². The van der Waals surface area contributed by atoms with Gasteiger partial charge in [0.2, 0.25) is 0 Å². The summed E-state index contributed by atoms with van der Waals surface area (Å²) < 4.78 is 0. The van der Waals surface area contributed by atoms with Gasteiger partial charge in [0.05, 0.1) is 0 Å². The first-order valence-corrected chi connectivity index (χ1v) is 4.32. The van der Waals surface area contributed by atoms with Gasteiger partial charge in [0.1, 0.15) is 0 Å². The van der Waals surface area contributed by atoms with E-state index in [4.69, 9.17) is 0 Å². The van der Waals surface area contributed by atoms with E-state index in [0.29, 0.717) is 5.92 Å². The number of rotatable bonds is 1. The Morgan fingerprint density at radius 2 is 2.20 bits per heavy atom. The Balaban J connectivity index is 2.46. The number of hydrogen-bond acceptors (Lipinski definition) is 0. The van der Waals surface area contributed by atoms with Gasteiger partial charge in [-0.05, 0) is 38.5 Å². The summed E-state index contributed by atoms with van der Waals surface area (Å²) in [6.45, 7) is 6.23. The molecule has 0 aromatic heterocycles. The van der Waals surface area contributed by atoms with E-state index in [0.717, 1.165) is 0 Å². The zero-order valence-electron chi connectivity index (χ0n) is 6.90. The van der Waals surface area contributed by atoms with Gasteiger partial charge >= 0.3 is 0 Å². The second kappa shape index (κ2) is 3.80. The van der Waals surface area contributed by atoms with Crippen LogP contribution in [0.2, 0.25) is 0 Å². The fourth-order valence-corrected chi connectivity index (χ4v) is 1.49. The SMILES string of the molecule is [CH2]C(C)C1=CCCCCC1. The third-order valence-electron chi connectivity index (χ3n) is 2.21. The van der Waals surface area contributed by atoms with Crippen LogP contribution in [0.1, 0.15) is 39.0 Å². The van der Waals surface area contributed by atoms with Gasteiger partial charge in [-0.15, -0.1) is 0 Å². The lowest BCUT2D eigenvalue weighted by Gasteiger charge is -2.07. The molecule has 0 heterocycles. The molecule has 1 aliphatic carbocycles. The largest absolute Gasteiger partial charge is 0.0851 e. The normalized spacial score (nSPS) is 20.5. The van der Waals surface area contributed by atoms with E-state index in [1.807, 2.05) is 0 Å². The summed E-state index contributed by atoms with van der Waals surface area (Å²) in [5.74, 6) is 0.540. The van der Waals surface area contributed by atoms with Crippen LogP contribution in [-0.2, 0) is 0 Å². The first-order valence-electron chi connectivity index (χ1n) is 4.32. The molecule has 57 valence electrons. The number of allylic oxidation sites excluding steroid dienone is 2. The second-order valence-corrected chi connectivity index (χ2v) is 3.28. The maximum absolute atomic E-state index is 4.04. The molecule has 1 rings (SSSR count). The van der Waals surface area contributed by atoms with Crippen LogP contribution in [0.25, 0.3) is 0 Å². The predicted molar refractivity (Wildman–Crippen MR) is 45.7 cm³/mol.